The Balaban J connectivity index is 1.62. The average Bonchev–Trinajstić information content (AvgIpc) is 3.52. The largest absolute Gasteiger partial charge is 0.507 e. The van der Waals surface area contributed by atoms with Crippen molar-refractivity contribution < 1.29 is 23.8 Å². The molecule has 1 aromatic heterocycles. The summed E-state index contributed by atoms with van der Waals surface area (Å²) in [6.45, 7) is 4.78. The number of carbonyl (C=O) groups excluding carboxylic acids is 2. The second-order valence-electron chi connectivity index (χ2n) is 8.29. The van der Waals surface area contributed by atoms with Crippen LogP contribution in [0.2, 0.25) is 0 Å². The van der Waals surface area contributed by atoms with Crippen LogP contribution >= 0.6 is 0 Å². The number of aliphatic hydroxyl groups excluding tert-OH is 1. The van der Waals surface area contributed by atoms with Crippen molar-refractivity contribution in [2.75, 3.05) is 6.61 Å². The highest BCUT2D eigenvalue weighted by molar-refractivity contribution is 6.46. The zero-order valence-electron chi connectivity index (χ0n) is 17.9. The molecule has 1 N–H and O–H groups in total. The number of amides is 1. The van der Waals surface area contributed by atoms with Crippen molar-refractivity contribution in [2.45, 2.75) is 32.9 Å². The number of ketones is 1. The number of hydrogen-bond acceptors (Lipinski definition) is 5. The van der Waals surface area contributed by atoms with Gasteiger partial charge in [0.15, 0.2) is 0 Å². The molecule has 0 radical (unpaired) electrons. The van der Waals surface area contributed by atoms with Crippen molar-refractivity contribution in [2.24, 2.45) is 0 Å². The predicted molar refractivity (Wildman–Crippen MR) is 118 cm³/mol. The molecule has 32 heavy (non-hydrogen) atoms. The van der Waals surface area contributed by atoms with E-state index in [9.17, 15) is 14.7 Å². The van der Waals surface area contributed by atoms with Crippen molar-refractivity contribution in [3.05, 3.63) is 93.9 Å². The van der Waals surface area contributed by atoms with Gasteiger partial charge in [-0.15, -0.1) is 0 Å². The van der Waals surface area contributed by atoms with Crippen LogP contribution in [0.1, 0.15) is 39.6 Å². The first-order valence-corrected chi connectivity index (χ1v) is 10.6. The minimum absolute atomic E-state index is 0.0362. The Kier molecular flexibility index (Phi) is 4.85. The maximum atomic E-state index is 13.1. The Morgan fingerprint density at radius 1 is 1.12 bits per heavy atom. The standard InChI is InChI=1S/C26H23NO5/c1-15-5-6-16(2)19(12-15)14-27-23(21-4-3-10-31-21)22(25(29)26(27)30)24(28)18-7-8-20-17(13-18)9-11-32-20/h3-8,10,12-13,23,28H,9,11,14H2,1-2H3/b24-22-. The predicted octanol–water partition coefficient (Wildman–Crippen LogP) is 4.45. The van der Waals surface area contributed by atoms with E-state index in [4.69, 9.17) is 9.15 Å². The first-order chi connectivity index (χ1) is 15.4. The fraction of sp³-hybridized carbons (Fsp3) is 0.231. The summed E-state index contributed by atoms with van der Waals surface area (Å²) in [5.74, 6) is -0.368. The molecule has 0 spiro atoms. The number of hydrogen-bond donors (Lipinski definition) is 1. The molecule has 5 rings (SSSR count). The minimum Gasteiger partial charge on any atom is -0.507 e. The van der Waals surface area contributed by atoms with Crippen LogP contribution in [0.3, 0.4) is 0 Å². The quantitative estimate of drug-likeness (QED) is 0.376. The van der Waals surface area contributed by atoms with E-state index in [0.717, 1.165) is 34.4 Å². The van der Waals surface area contributed by atoms with E-state index in [0.29, 0.717) is 17.9 Å². The lowest BCUT2D eigenvalue weighted by Gasteiger charge is -2.24. The number of Topliss-reactive ketones (excluding diaryl/α,β-unsaturated/α-hetero) is 1. The van der Waals surface area contributed by atoms with Crippen LogP contribution in [0.15, 0.2) is 64.8 Å². The fourth-order valence-electron chi connectivity index (χ4n) is 4.43. The summed E-state index contributed by atoms with van der Waals surface area (Å²) in [7, 11) is 0. The van der Waals surface area contributed by atoms with Crippen LogP contribution in [0.5, 0.6) is 5.75 Å². The highest BCUT2D eigenvalue weighted by Gasteiger charge is 2.47. The Bertz CT molecular complexity index is 1260. The van der Waals surface area contributed by atoms with Crippen molar-refractivity contribution in [3.63, 3.8) is 0 Å². The number of rotatable bonds is 4. The molecule has 2 aromatic carbocycles. The second-order valence-corrected chi connectivity index (χ2v) is 8.29. The minimum atomic E-state index is -0.811. The molecule has 0 bridgehead atoms. The zero-order chi connectivity index (χ0) is 22.4. The Morgan fingerprint density at radius 3 is 2.75 bits per heavy atom. The first-order valence-electron chi connectivity index (χ1n) is 10.6. The molecule has 1 unspecified atom stereocenters. The van der Waals surface area contributed by atoms with Crippen molar-refractivity contribution in [1.82, 2.24) is 4.90 Å². The van der Waals surface area contributed by atoms with E-state index < -0.39 is 17.7 Å². The van der Waals surface area contributed by atoms with E-state index in [-0.39, 0.29) is 17.9 Å². The molecular weight excluding hydrogens is 406 g/mol. The maximum absolute atomic E-state index is 13.1. The average molecular weight is 429 g/mol. The topological polar surface area (TPSA) is 80.0 Å². The number of benzene rings is 2. The molecule has 1 amide bonds. The van der Waals surface area contributed by atoms with Gasteiger partial charge in [0.25, 0.3) is 11.7 Å². The van der Waals surface area contributed by atoms with Crippen molar-refractivity contribution in [1.29, 1.82) is 0 Å². The van der Waals surface area contributed by atoms with Crippen molar-refractivity contribution in [3.8, 4) is 5.75 Å². The fourth-order valence-corrected chi connectivity index (χ4v) is 4.43. The maximum Gasteiger partial charge on any atom is 0.296 e. The highest BCUT2D eigenvalue weighted by atomic mass is 16.5. The third-order valence-corrected chi connectivity index (χ3v) is 6.16. The third kappa shape index (κ3) is 3.28. The molecule has 0 aliphatic carbocycles. The lowest BCUT2D eigenvalue weighted by Crippen LogP contribution is -2.29. The van der Waals surface area contributed by atoms with Crippen LogP contribution in [0, 0.1) is 13.8 Å². The SMILES string of the molecule is Cc1ccc(C)c(CN2C(=O)C(=O)/C(=C(\O)c3ccc4c(c3)CCO4)C2c2ccco2)c1. The molecule has 2 aliphatic rings. The highest BCUT2D eigenvalue weighted by Crippen LogP contribution is 2.41. The number of aryl methyl sites for hydroxylation is 2. The molecule has 3 heterocycles. The van der Waals surface area contributed by atoms with Crippen LogP contribution in [0.4, 0.5) is 0 Å². The number of ether oxygens (including phenoxy) is 1. The van der Waals surface area contributed by atoms with Gasteiger partial charge < -0.3 is 19.2 Å². The summed E-state index contributed by atoms with van der Waals surface area (Å²) < 4.78 is 11.2. The van der Waals surface area contributed by atoms with Crippen molar-refractivity contribution >= 4 is 17.4 Å². The van der Waals surface area contributed by atoms with Gasteiger partial charge in [0, 0.05) is 18.5 Å². The van der Waals surface area contributed by atoms with Crippen LogP contribution in [-0.2, 0) is 22.6 Å². The summed E-state index contributed by atoms with van der Waals surface area (Å²) >= 11 is 0. The van der Waals surface area contributed by atoms with Gasteiger partial charge in [0.2, 0.25) is 0 Å². The Labute approximate surface area is 185 Å². The molecule has 0 saturated carbocycles. The van der Waals surface area contributed by atoms with Gasteiger partial charge in [-0.25, -0.2) is 0 Å². The lowest BCUT2D eigenvalue weighted by atomic mass is 9.97. The Morgan fingerprint density at radius 2 is 1.97 bits per heavy atom. The number of furan rings is 1. The van der Waals surface area contributed by atoms with E-state index in [1.165, 1.54) is 11.2 Å². The monoisotopic (exact) mass is 429 g/mol. The van der Waals surface area contributed by atoms with Gasteiger partial charge in [0.05, 0.1) is 18.4 Å². The lowest BCUT2D eigenvalue weighted by molar-refractivity contribution is -0.140. The van der Waals surface area contributed by atoms with Crippen LogP contribution < -0.4 is 4.74 Å². The van der Waals surface area contributed by atoms with E-state index >= 15 is 0 Å². The molecular formula is C26H23NO5. The molecule has 1 atom stereocenters. The normalized spacial score (nSPS) is 19.3. The summed E-state index contributed by atoms with van der Waals surface area (Å²) in [6, 6.07) is 13.9. The summed E-state index contributed by atoms with van der Waals surface area (Å²) in [4.78, 5) is 27.7. The third-order valence-electron chi connectivity index (χ3n) is 6.16. The summed E-state index contributed by atoms with van der Waals surface area (Å²) in [5.41, 5.74) is 4.52. The molecule has 1 fully saturated rings. The number of carbonyl (C=O) groups is 2. The van der Waals surface area contributed by atoms with Gasteiger partial charge >= 0.3 is 0 Å². The van der Waals surface area contributed by atoms with Crippen LogP contribution in [-0.4, -0.2) is 28.3 Å². The molecule has 2 aliphatic heterocycles. The van der Waals surface area contributed by atoms with Gasteiger partial charge in [-0.2, -0.15) is 0 Å². The molecule has 6 heteroatoms. The molecule has 6 nitrogen and oxygen atoms in total. The van der Waals surface area contributed by atoms with Gasteiger partial charge in [0.1, 0.15) is 23.3 Å². The van der Waals surface area contributed by atoms with Gasteiger partial charge in [-0.05, 0) is 60.9 Å². The van der Waals surface area contributed by atoms with E-state index in [1.54, 1.807) is 24.3 Å². The second kappa shape index (κ2) is 7.71. The number of likely N-dealkylation sites (tertiary alicyclic amines) is 1. The molecule has 3 aromatic rings. The van der Waals surface area contributed by atoms with E-state index in [2.05, 4.69) is 0 Å². The number of nitrogens with zero attached hydrogens (tertiary/aromatic N) is 1. The Hall–Kier alpha value is -3.80. The zero-order valence-corrected chi connectivity index (χ0v) is 17.9. The number of fused-ring (bicyclic) bond motifs is 1. The molecule has 1 saturated heterocycles. The first kappa shape index (κ1) is 20.1. The summed E-state index contributed by atoms with van der Waals surface area (Å²) in [5, 5.41) is 11.2. The molecule has 162 valence electrons. The number of aliphatic hydroxyl groups is 1. The van der Waals surface area contributed by atoms with Gasteiger partial charge in [-0.1, -0.05) is 23.8 Å². The summed E-state index contributed by atoms with van der Waals surface area (Å²) in [6.07, 6.45) is 2.24. The van der Waals surface area contributed by atoms with E-state index in [1.807, 2.05) is 38.1 Å². The smallest absolute Gasteiger partial charge is 0.296 e. The van der Waals surface area contributed by atoms with Gasteiger partial charge in [-0.3, -0.25) is 9.59 Å². The van der Waals surface area contributed by atoms with Crippen LogP contribution in [0.25, 0.3) is 5.76 Å².